The predicted molar refractivity (Wildman–Crippen MR) is 84.2 cm³/mol. The molecule has 0 unspecified atom stereocenters. The Morgan fingerprint density at radius 2 is 1.82 bits per heavy atom. The summed E-state index contributed by atoms with van der Waals surface area (Å²) in [7, 11) is 0. The number of H-pyrrole nitrogens is 2. The Morgan fingerprint density at radius 3 is 2.59 bits per heavy atom. The van der Waals surface area contributed by atoms with E-state index in [2.05, 4.69) is 15.5 Å². The van der Waals surface area contributed by atoms with Gasteiger partial charge in [-0.15, -0.1) is 0 Å². The SMILES string of the molecule is O=C1CCCC2=C1[C@@H](c1ccc(Cl)cc1)c1c([nH][nH]c1=O)N2. The highest BCUT2D eigenvalue weighted by molar-refractivity contribution is 6.30. The summed E-state index contributed by atoms with van der Waals surface area (Å²) in [4.78, 5) is 24.7. The van der Waals surface area contributed by atoms with Gasteiger partial charge in [-0.25, -0.2) is 0 Å². The summed E-state index contributed by atoms with van der Waals surface area (Å²) in [5.74, 6) is 0.421. The third-order valence-corrected chi connectivity index (χ3v) is 4.58. The molecule has 2 aliphatic rings. The van der Waals surface area contributed by atoms with Gasteiger partial charge in [0.05, 0.1) is 5.56 Å². The number of hydrogen-bond donors (Lipinski definition) is 3. The molecule has 6 heteroatoms. The number of aromatic nitrogens is 2. The lowest BCUT2D eigenvalue weighted by Gasteiger charge is -2.31. The zero-order valence-corrected chi connectivity index (χ0v) is 12.5. The number of carbonyl (C=O) groups excluding carboxylic acids is 1. The van der Waals surface area contributed by atoms with Crippen LogP contribution in [-0.2, 0) is 4.79 Å². The minimum Gasteiger partial charge on any atom is -0.343 e. The summed E-state index contributed by atoms with van der Waals surface area (Å²) < 4.78 is 0. The van der Waals surface area contributed by atoms with Crippen LogP contribution in [0.15, 0.2) is 40.3 Å². The van der Waals surface area contributed by atoms with Gasteiger partial charge < -0.3 is 5.32 Å². The van der Waals surface area contributed by atoms with E-state index in [1.54, 1.807) is 12.1 Å². The molecule has 0 saturated carbocycles. The number of hydrogen-bond acceptors (Lipinski definition) is 3. The smallest absolute Gasteiger partial charge is 0.270 e. The quantitative estimate of drug-likeness (QED) is 0.757. The van der Waals surface area contributed by atoms with Crippen LogP contribution in [0.2, 0.25) is 5.02 Å². The third-order valence-electron chi connectivity index (χ3n) is 4.33. The molecule has 1 aliphatic heterocycles. The van der Waals surface area contributed by atoms with Crippen LogP contribution in [0.1, 0.15) is 36.3 Å². The second kappa shape index (κ2) is 4.88. The number of ketones is 1. The minimum atomic E-state index is -0.341. The van der Waals surface area contributed by atoms with Crippen LogP contribution in [0.4, 0.5) is 5.82 Å². The molecular formula is C16H14ClN3O2. The molecule has 3 N–H and O–H groups in total. The van der Waals surface area contributed by atoms with Crippen molar-refractivity contribution in [1.29, 1.82) is 0 Å². The fourth-order valence-electron chi connectivity index (χ4n) is 3.35. The number of allylic oxidation sites excluding steroid dienone is 2. The number of benzene rings is 1. The van der Waals surface area contributed by atoms with Crippen molar-refractivity contribution in [3.63, 3.8) is 0 Å². The molecule has 0 amide bonds. The fourth-order valence-corrected chi connectivity index (χ4v) is 3.48. The normalized spacial score (nSPS) is 20.4. The largest absolute Gasteiger partial charge is 0.343 e. The van der Waals surface area contributed by atoms with Gasteiger partial charge in [0.25, 0.3) is 5.56 Å². The van der Waals surface area contributed by atoms with Crippen LogP contribution in [0.3, 0.4) is 0 Å². The van der Waals surface area contributed by atoms with Crippen molar-refractivity contribution in [2.24, 2.45) is 0 Å². The highest BCUT2D eigenvalue weighted by atomic mass is 35.5. The van der Waals surface area contributed by atoms with E-state index in [-0.39, 0.29) is 17.3 Å². The molecule has 1 aromatic carbocycles. The number of Topliss-reactive ketones (excluding diaryl/α,β-unsaturated/α-hetero) is 1. The minimum absolute atomic E-state index is 0.111. The molecule has 1 aromatic heterocycles. The molecule has 4 rings (SSSR count). The molecule has 0 saturated heterocycles. The molecule has 112 valence electrons. The van der Waals surface area contributed by atoms with Crippen LogP contribution in [-0.4, -0.2) is 16.0 Å². The van der Waals surface area contributed by atoms with Gasteiger partial charge >= 0.3 is 0 Å². The van der Waals surface area contributed by atoms with Gasteiger partial charge in [0.1, 0.15) is 5.82 Å². The number of rotatable bonds is 1. The summed E-state index contributed by atoms with van der Waals surface area (Å²) in [6, 6.07) is 7.32. The predicted octanol–water partition coefficient (Wildman–Crippen LogP) is 2.92. The van der Waals surface area contributed by atoms with Crippen molar-refractivity contribution in [2.45, 2.75) is 25.2 Å². The first-order chi connectivity index (χ1) is 10.6. The van der Waals surface area contributed by atoms with Crippen LogP contribution < -0.4 is 10.9 Å². The molecule has 1 aliphatic carbocycles. The van der Waals surface area contributed by atoms with E-state index in [0.29, 0.717) is 28.4 Å². The third kappa shape index (κ3) is 1.93. The van der Waals surface area contributed by atoms with E-state index >= 15 is 0 Å². The maximum absolute atomic E-state index is 12.5. The topological polar surface area (TPSA) is 77.8 Å². The van der Waals surface area contributed by atoms with Crippen LogP contribution in [0.25, 0.3) is 0 Å². The molecule has 5 nitrogen and oxygen atoms in total. The molecule has 2 aromatic rings. The first-order valence-corrected chi connectivity index (χ1v) is 7.62. The summed E-state index contributed by atoms with van der Waals surface area (Å²) in [5.41, 5.74) is 2.90. The summed E-state index contributed by atoms with van der Waals surface area (Å²) in [6.07, 6.45) is 2.18. The molecule has 0 fully saturated rings. The van der Waals surface area contributed by atoms with Crippen LogP contribution in [0, 0.1) is 0 Å². The van der Waals surface area contributed by atoms with Crippen molar-refractivity contribution >= 4 is 23.2 Å². The first kappa shape index (κ1) is 13.4. The average molecular weight is 316 g/mol. The Hall–Kier alpha value is -2.27. The van der Waals surface area contributed by atoms with Gasteiger partial charge in [-0.1, -0.05) is 23.7 Å². The maximum atomic E-state index is 12.5. The molecule has 1 atom stereocenters. The molecule has 0 radical (unpaired) electrons. The highest BCUT2D eigenvalue weighted by Crippen LogP contribution is 2.43. The Labute approximate surface area is 131 Å². The van der Waals surface area contributed by atoms with E-state index in [9.17, 15) is 9.59 Å². The van der Waals surface area contributed by atoms with Crippen molar-refractivity contribution < 1.29 is 4.79 Å². The van der Waals surface area contributed by atoms with Crippen molar-refractivity contribution in [3.8, 4) is 0 Å². The highest BCUT2D eigenvalue weighted by Gasteiger charge is 2.37. The van der Waals surface area contributed by atoms with Gasteiger partial charge in [0, 0.05) is 28.6 Å². The maximum Gasteiger partial charge on any atom is 0.270 e. The molecule has 0 bridgehead atoms. The Kier molecular flexibility index (Phi) is 2.97. The number of fused-ring (bicyclic) bond motifs is 1. The lowest BCUT2D eigenvalue weighted by atomic mass is 9.77. The standard InChI is InChI=1S/C16H14ClN3O2/c17-9-6-4-8(5-7-9)12-13-10(2-1-3-11(13)21)18-15-14(12)16(22)20-19-15/h4-7,12H,1-3H2,(H3,18,19,20,22)/t12-/m1/s1. The van der Waals surface area contributed by atoms with Crippen molar-refractivity contribution in [3.05, 3.63) is 62.0 Å². The monoisotopic (exact) mass is 315 g/mol. The lowest BCUT2D eigenvalue weighted by molar-refractivity contribution is -0.116. The summed E-state index contributed by atoms with van der Waals surface area (Å²) >= 11 is 5.96. The van der Waals surface area contributed by atoms with Gasteiger partial charge in [0.2, 0.25) is 0 Å². The zero-order chi connectivity index (χ0) is 15.3. The van der Waals surface area contributed by atoms with E-state index in [0.717, 1.165) is 24.1 Å². The molecule has 0 spiro atoms. The van der Waals surface area contributed by atoms with Gasteiger partial charge in [-0.05, 0) is 30.5 Å². The lowest BCUT2D eigenvalue weighted by Crippen LogP contribution is -2.29. The molecule has 22 heavy (non-hydrogen) atoms. The van der Waals surface area contributed by atoms with E-state index < -0.39 is 0 Å². The number of carbonyl (C=O) groups is 1. The van der Waals surface area contributed by atoms with E-state index in [1.165, 1.54) is 0 Å². The Morgan fingerprint density at radius 1 is 1.05 bits per heavy atom. The van der Waals surface area contributed by atoms with E-state index in [1.807, 2.05) is 12.1 Å². The van der Waals surface area contributed by atoms with Gasteiger partial charge in [0.15, 0.2) is 5.78 Å². The second-order valence-electron chi connectivity index (χ2n) is 5.65. The van der Waals surface area contributed by atoms with E-state index in [4.69, 9.17) is 11.6 Å². The van der Waals surface area contributed by atoms with Crippen molar-refractivity contribution in [1.82, 2.24) is 10.2 Å². The molecular weight excluding hydrogens is 302 g/mol. The fraction of sp³-hybridized carbons (Fsp3) is 0.250. The van der Waals surface area contributed by atoms with Crippen LogP contribution >= 0.6 is 11.6 Å². The van der Waals surface area contributed by atoms with Gasteiger partial charge in [-0.2, -0.15) is 0 Å². The zero-order valence-electron chi connectivity index (χ0n) is 11.7. The van der Waals surface area contributed by atoms with Gasteiger partial charge in [-0.3, -0.25) is 19.8 Å². The number of anilines is 1. The number of halogens is 1. The second-order valence-corrected chi connectivity index (χ2v) is 6.08. The Bertz CT molecular complexity index is 845. The average Bonchev–Trinajstić information content (AvgIpc) is 2.88. The Balaban J connectivity index is 1.96. The summed E-state index contributed by atoms with van der Waals surface area (Å²) in [6.45, 7) is 0. The van der Waals surface area contributed by atoms with Crippen LogP contribution in [0.5, 0.6) is 0 Å². The summed E-state index contributed by atoms with van der Waals surface area (Å²) in [5, 5.41) is 9.31. The number of aromatic amines is 2. The van der Waals surface area contributed by atoms with Crippen molar-refractivity contribution in [2.75, 3.05) is 5.32 Å². The first-order valence-electron chi connectivity index (χ1n) is 7.24. The number of nitrogens with one attached hydrogen (secondary N) is 3. The molecule has 2 heterocycles.